The standard InChI is InChI=1S/C16H29NO3/c1-16(2,3)15(19)20-13-9-4-6-10-14(18)17-11-7-5-8-12-17/h4-13H2,1-3H3. The van der Waals surface area contributed by atoms with Crippen molar-refractivity contribution < 1.29 is 14.3 Å². The highest BCUT2D eigenvalue weighted by molar-refractivity contribution is 5.76. The van der Waals surface area contributed by atoms with Crippen LogP contribution in [0.25, 0.3) is 0 Å². The molecule has 1 heterocycles. The molecule has 4 nitrogen and oxygen atoms in total. The van der Waals surface area contributed by atoms with E-state index < -0.39 is 5.41 Å². The number of rotatable bonds is 6. The van der Waals surface area contributed by atoms with Crippen LogP contribution in [0, 0.1) is 5.41 Å². The SMILES string of the molecule is CC(C)(C)C(=O)OCCCCCC(=O)N1CCCCC1. The molecule has 0 atom stereocenters. The van der Waals surface area contributed by atoms with E-state index in [9.17, 15) is 9.59 Å². The van der Waals surface area contributed by atoms with E-state index in [1.807, 2.05) is 25.7 Å². The molecule has 20 heavy (non-hydrogen) atoms. The number of carbonyl (C=O) groups is 2. The van der Waals surface area contributed by atoms with Crippen molar-refractivity contribution in [1.29, 1.82) is 0 Å². The van der Waals surface area contributed by atoms with Gasteiger partial charge in [-0.15, -0.1) is 0 Å². The molecular formula is C16H29NO3. The van der Waals surface area contributed by atoms with Gasteiger partial charge in [-0.1, -0.05) is 0 Å². The molecule has 0 aromatic heterocycles. The number of nitrogens with zero attached hydrogens (tertiary/aromatic N) is 1. The van der Waals surface area contributed by atoms with Crippen molar-refractivity contribution in [3.8, 4) is 0 Å². The molecule has 0 aliphatic carbocycles. The molecule has 0 bridgehead atoms. The molecule has 1 saturated heterocycles. The largest absolute Gasteiger partial charge is 0.465 e. The fourth-order valence-electron chi connectivity index (χ4n) is 2.24. The Labute approximate surface area is 122 Å². The maximum Gasteiger partial charge on any atom is 0.311 e. The predicted molar refractivity (Wildman–Crippen MR) is 79.3 cm³/mol. The second-order valence-electron chi connectivity index (χ2n) is 6.64. The van der Waals surface area contributed by atoms with E-state index in [-0.39, 0.29) is 11.9 Å². The number of hydrogen-bond acceptors (Lipinski definition) is 3. The summed E-state index contributed by atoms with van der Waals surface area (Å²) in [6.07, 6.45) is 6.85. The van der Waals surface area contributed by atoms with E-state index in [2.05, 4.69) is 0 Å². The van der Waals surface area contributed by atoms with Crippen molar-refractivity contribution in [3.63, 3.8) is 0 Å². The van der Waals surface area contributed by atoms with Gasteiger partial charge in [-0.05, 0) is 59.3 Å². The van der Waals surface area contributed by atoms with E-state index in [0.717, 1.165) is 45.2 Å². The van der Waals surface area contributed by atoms with Gasteiger partial charge < -0.3 is 9.64 Å². The van der Waals surface area contributed by atoms with Gasteiger partial charge in [0.05, 0.1) is 12.0 Å². The molecule has 1 fully saturated rings. The van der Waals surface area contributed by atoms with Crippen LogP contribution in [0.3, 0.4) is 0 Å². The maximum absolute atomic E-state index is 11.9. The van der Waals surface area contributed by atoms with Gasteiger partial charge in [0.1, 0.15) is 0 Å². The zero-order chi connectivity index (χ0) is 15.0. The number of unbranched alkanes of at least 4 members (excludes halogenated alkanes) is 2. The fraction of sp³-hybridized carbons (Fsp3) is 0.875. The molecule has 0 N–H and O–H groups in total. The van der Waals surface area contributed by atoms with Gasteiger partial charge >= 0.3 is 5.97 Å². The third-order valence-electron chi connectivity index (χ3n) is 3.59. The van der Waals surface area contributed by atoms with E-state index in [1.54, 1.807) is 0 Å². The molecule has 0 spiro atoms. The predicted octanol–water partition coefficient (Wildman–Crippen LogP) is 3.15. The van der Waals surface area contributed by atoms with Crippen LogP contribution in [0.4, 0.5) is 0 Å². The molecule has 116 valence electrons. The minimum Gasteiger partial charge on any atom is -0.465 e. The lowest BCUT2D eigenvalue weighted by Crippen LogP contribution is -2.35. The van der Waals surface area contributed by atoms with Crippen LogP contribution in [0.1, 0.15) is 65.7 Å². The van der Waals surface area contributed by atoms with Crippen LogP contribution < -0.4 is 0 Å². The summed E-state index contributed by atoms with van der Waals surface area (Å²) >= 11 is 0. The van der Waals surface area contributed by atoms with E-state index in [1.165, 1.54) is 6.42 Å². The Morgan fingerprint density at radius 1 is 1.00 bits per heavy atom. The third kappa shape index (κ3) is 6.40. The summed E-state index contributed by atoms with van der Waals surface area (Å²) in [5, 5.41) is 0. The second kappa shape index (κ2) is 8.28. The summed E-state index contributed by atoms with van der Waals surface area (Å²) in [5.74, 6) is 0.137. The Bertz CT molecular complexity index is 314. The van der Waals surface area contributed by atoms with E-state index in [0.29, 0.717) is 13.0 Å². The Morgan fingerprint density at radius 3 is 2.25 bits per heavy atom. The van der Waals surface area contributed by atoms with Gasteiger partial charge in [0.2, 0.25) is 5.91 Å². The molecule has 1 aliphatic heterocycles. The van der Waals surface area contributed by atoms with Gasteiger partial charge in [0.25, 0.3) is 0 Å². The lowest BCUT2D eigenvalue weighted by molar-refractivity contribution is -0.153. The van der Waals surface area contributed by atoms with Crippen molar-refractivity contribution in [2.45, 2.75) is 65.7 Å². The molecule has 0 unspecified atom stereocenters. The van der Waals surface area contributed by atoms with E-state index in [4.69, 9.17) is 4.74 Å². The van der Waals surface area contributed by atoms with Gasteiger partial charge in [-0.3, -0.25) is 9.59 Å². The van der Waals surface area contributed by atoms with Crippen molar-refractivity contribution in [1.82, 2.24) is 4.90 Å². The first-order chi connectivity index (χ1) is 9.41. The zero-order valence-corrected chi connectivity index (χ0v) is 13.2. The van der Waals surface area contributed by atoms with Crippen LogP contribution in [0.5, 0.6) is 0 Å². The number of hydrogen-bond donors (Lipinski definition) is 0. The molecule has 0 aromatic carbocycles. The van der Waals surface area contributed by atoms with Gasteiger partial charge in [-0.25, -0.2) is 0 Å². The Hall–Kier alpha value is -1.06. The van der Waals surface area contributed by atoms with Gasteiger partial charge in [0.15, 0.2) is 0 Å². The number of ether oxygens (including phenoxy) is 1. The molecule has 0 aromatic rings. The van der Waals surface area contributed by atoms with Crippen molar-refractivity contribution >= 4 is 11.9 Å². The highest BCUT2D eigenvalue weighted by Crippen LogP contribution is 2.16. The van der Waals surface area contributed by atoms with Gasteiger partial charge in [-0.2, -0.15) is 0 Å². The zero-order valence-electron chi connectivity index (χ0n) is 13.2. The van der Waals surface area contributed by atoms with Crippen LogP contribution in [0.15, 0.2) is 0 Å². The molecule has 1 aliphatic rings. The Kier molecular flexibility index (Phi) is 7.03. The molecular weight excluding hydrogens is 254 g/mol. The number of piperidine rings is 1. The normalized spacial score (nSPS) is 16.1. The van der Waals surface area contributed by atoms with Crippen molar-refractivity contribution in [3.05, 3.63) is 0 Å². The second-order valence-corrected chi connectivity index (χ2v) is 6.64. The van der Waals surface area contributed by atoms with Crippen molar-refractivity contribution in [2.24, 2.45) is 5.41 Å². The molecule has 0 radical (unpaired) electrons. The van der Waals surface area contributed by atoms with Crippen LogP contribution in [-0.2, 0) is 14.3 Å². The number of amides is 1. The highest BCUT2D eigenvalue weighted by atomic mass is 16.5. The topological polar surface area (TPSA) is 46.6 Å². The summed E-state index contributed by atoms with van der Waals surface area (Å²) in [4.78, 5) is 25.4. The van der Waals surface area contributed by atoms with Crippen LogP contribution in [-0.4, -0.2) is 36.5 Å². The molecule has 1 rings (SSSR count). The number of carbonyl (C=O) groups excluding carboxylic acids is 2. The first-order valence-electron chi connectivity index (χ1n) is 7.86. The molecule has 1 amide bonds. The lowest BCUT2D eigenvalue weighted by atomic mass is 9.97. The first kappa shape index (κ1) is 17.0. The summed E-state index contributed by atoms with van der Waals surface area (Å²) in [6.45, 7) is 7.89. The Morgan fingerprint density at radius 2 is 1.65 bits per heavy atom. The highest BCUT2D eigenvalue weighted by Gasteiger charge is 2.22. The summed E-state index contributed by atoms with van der Waals surface area (Å²) in [5.41, 5.74) is -0.426. The third-order valence-corrected chi connectivity index (χ3v) is 3.59. The minimum atomic E-state index is -0.426. The molecule has 0 saturated carbocycles. The number of esters is 1. The summed E-state index contributed by atoms with van der Waals surface area (Å²) < 4.78 is 5.20. The Balaban J connectivity index is 2.02. The van der Waals surface area contributed by atoms with E-state index >= 15 is 0 Å². The summed E-state index contributed by atoms with van der Waals surface area (Å²) in [6, 6.07) is 0. The monoisotopic (exact) mass is 283 g/mol. The number of likely N-dealkylation sites (tertiary alicyclic amines) is 1. The van der Waals surface area contributed by atoms with Crippen LogP contribution in [0.2, 0.25) is 0 Å². The average Bonchev–Trinajstić information content (AvgIpc) is 2.42. The summed E-state index contributed by atoms with van der Waals surface area (Å²) in [7, 11) is 0. The smallest absolute Gasteiger partial charge is 0.311 e. The first-order valence-corrected chi connectivity index (χ1v) is 7.86. The molecule has 4 heteroatoms. The minimum absolute atomic E-state index is 0.151. The lowest BCUT2D eigenvalue weighted by Gasteiger charge is -2.26. The van der Waals surface area contributed by atoms with Gasteiger partial charge in [0, 0.05) is 19.5 Å². The van der Waals surface area contributed by atoms with Crippen LogP contribution >= 0.6 is 0 Å². The maximum atomic E-state index is 11.9. The average molecular weight is 283 g/mol. The fourth-order valence-corrected chi connectivity index (χ4v) is 2.24. The quantitative estimate of drug-likeness (QED) is 0.555. The van der Waals surface area contributed by atoms with Crippen molar-refractivity contribution in [2.75, 3.05) is 19.7 Å².